The molecule has 0 aliphatic rings. The van der Waals surface area contributed by atoms with Crippen LogP contribution < -0.4 is 9.62 Å². The highest BCUT2D eigenvalue weighted by atomic mass is 32.2. The fourth-order valence-electron chi connectivity index (χ4n) is 2.11. The molecule has 1 amide bonds. The molecule has 0 bridgehead atoms. The van der Waals surface area contributed by atoms with E-state index in [1.165, 1.54) is 54.3 Å². The van der Waals surface area contributed by atoms with Crippen LogP contribution in [0.1, 0.15) is 12.5 Å². The van der Waals surface area contributed by atoms with Gasteiger partial charge in [0.05, 0.1) is 15.5 Å². The van der Waals surface area contributed by atoms with E-state index < -0.39 is 14.9 Å². The van der Waals surface area contributed by atoms with Crippen LogP contribution in [0.2, 0.25) is 0 Å². The van der Waals surface area contributed by atoms with Crippen molar-refractivity contribution in [3.05, 3.63) is 58.1 Å². The Kier molecular flexibility index (Phi) is 5.07. The molecular formula is C16H17N3O5S. The molecule has 0 saturated carbocycles. The SMILES string of the molecule is CC(=O)N(C)c1ccc(S(=O)(=O)Nc2ccc([N+](=O)[O-])cc2C)cc1. The first kappa shape index (κ1) is 18.4. The predicted molar refractivity (Wildman–Crippen MR) is 94.2 cm³/mol. The molecule has 0 radical (unpaired) electrons. The maximum absolute atomic E-state index is 12.5. The molecule has 0 aliphatic heterocycles. The van der Waals surface area contributed by atoms with Crippen molar-refractivity contribution < 1.29 is 18.1 Å². The summed E-state index contributed by atoms with van der Waals surface area (Å²) in [5.41, 5.74) is 1.15. The minimum atomic E-state index is -3.85. The van der Waals surface area contributed by atoms with Gasteiger partial charge >= 0.3 is 0 Å². The Bertz CT molecular complexity index is 923. The van der Waals surface area contributed by atoms with E-state index in [-0.39, 0.29) is 22.2 Å². The van der Waals surface area contributed by atoms with Crippen LogP contribution in [-0.2, 0) is 14.8 Å². The van der Waals surface area contributed by atoms with Crippen LogP contribution in [0.25, 0.3) is 0 Å². The predicted octanol–water partition coefficient (Wildman–Crippen LogP) is 2.69. The zero-order chi connectivity index (χ0) is 18.8. The Balaban J connectivity index is 2.27. The highest BCUT2D eigenvalue weighted by Gasteiger charge is 2.17. The molecule has 9 heteroatoms. The molecule has 0 atom stereocenters. The molecular weight excluding hydrogens is 346 g/mol. The van der Waals surface area contributed by atoms with Crippen LogP contribution in [0.4, 0.5) is 17.1 Å². The third-order valence-electron chi connectivity index (χ3n) is 3.67. The van der Waals surface area contributed by atoms with E-state index in [2.05, 4.69) is 4.72 Å². The van der Waals surface area contributed by atoms with Crippen LogP contribution in [0.5, 0.6) is 0 Å². The standard InChI is InChI=1S/C16H17N3O5S/c1-11-10-14(19(21)22)6-9-16(11)17-25(23,24)15-7-4-13(5-8-15)18(3)12(2)20/h4-10,17H,1-3H3. The monoisotopic (exact) mass is 363 g/mol. The number of carbonyl (C=O) groups excluding carboxylic acids is 1. The maximum Gasteiger partial charge on any atom is 0.269 e. The molecule has 2 rings (SSSR count). The lowest BCUT2D eigenvalue weighted by molar-refractivity contribution is -0.384. The second kappa shape index (κ2) is 6.89. The zero-order valence-electron chi connectivity index (χ0n) is 13.9. The lowest BCUT2D eigenvalue weighted by Gasteiger charge is -2.15. The number of non-ortho nitro benzene ring substituents is 1. The number of nitro groups is 1. The Labute approximate surface area is 145 Å². The Hall–Kier alpha value is -2.94. The van der Waals surface area contributed by atoms with Gasteiger partial charge in [-0.1, -0.05) is 0 Å². The Morgan fingerprint density at radius 1 is 1.16 bits per heavy atom. The molecule has 8 nitrogen and oxygen atoms in total. The lowest BCUT2D eigenvalue weighted by atomic mass is 10.2. The smallest absolute Gasteiger partial charge is 0.269 e. The second-order valence-electron chi connectivity index (χ2n) is 5.43. The summed E-state index contributed by atoms with van der Waals surface area (Å²) in [6.07, 6.45) is 0. The van der Waals surface area contributed by atoms with Crippen molar-refractivity contribution >= 4 is 33.0 Å². The quantitative estimate of drug-likeness (QED) is 0.649. The Morgan fingerprint density at radius 2 is 1.76 bits per heavy atom. The van der Waals surface area contributed by atoms with Gasteiger partial charge in [0.2, 0.25) is 5.91 Å². The molecule has 132 valence electrons. The summed E-state index contributed by atoms with van der Waals surface area (Å²) in [6.45, 7) is 2.99. The minimum Gasteiger partial charge on any atom is -0.316 e. The van der Waals surface area contributed by atoms with Gasteiger partial charge in [-0.15, -0.1) is 0 Å². The third kappa shape index (κ3) is 4.13. The molecule has 1 N–H and O–H groups in total. The maximum atomic E-state index is 12.5. The number of carbonyl (C=O) groups is 1. The van der Waals surface area contributed by atoms with Crippen molar-refractivity contribution in [2.45, 2.75) is 18.7 Å². The average Bonchev–Trinajstić information content (AvgIpc) is 2.55. The molecule has 0 fully saturated rings. The minimum absolute atomic E-state index is 0.0194. The van der Waals surface area contributed by atoms with E-state index in [0.717, 1.165) is 0 Å². The summed E-state index contributed by atoms with van der Waals surface area (Å²) < 4.78 is 27.3. The van der Waals surface area contributed by atoms with Crippen LogP contribution in [-0.4, -0.2) is 26.3 Å². The molecule has 0 heterocycles. The highest BCUT2D eigenvalue weighted by Crippen LogP contribution is 2.25. The van der Waals surface area contributed by atoms with Gasteiger partial charge in [0.15, 0.2) is 0 Å². The van der Waals surface area contributed by atoms with E-state index >= 15 is 0 Å². The number of nitrogens with zero attached hydrogens (tertiary/aromatic N) is 2. The first-order valence-corrected chi connectivity index (χ1v) is 8.72. The first-order valence-electron chi connectivity index (χ1n) is 7.24. The lowest BCUT2D eigenvalue weighted by Crippen LogP contribution is -2.22. The van der Waals surface area contributed by atoms with E-state index in [1.807, 2.05) is 0 Å². The van der Waals surface area contributed by atoms with Crippen molar-refractivity contribution in [1.82, 2.24) is 0 Å². The second-order valence-corrected chi connectivity index (χ2v) is 7.12. The number of hydrogen-bond acceptors (Lipinski definition) is 5. The van der Waals surface area contributed by atoms with Crippen molar-refractivity contribution in [2.75, 3.05) is 16.7 Å². The third-order valence-corrected chi connectivity index (χ3v) is 5.05. The van der Waals surface area contributed by atoms with E-state index in [0.29, 0.717) is 11.3 Å². The number of sulfonamides is 1. The van der Waals surface area contributed by atoms with Crippen molar-refractivity contribution in [2.24, 2.45) is 0 Å². The fraction of sp³-hybridized carbons (Fsp3) is 0.188. The molecule has 2 aromatic rings. The number of nitrogens with one attached hydrogen (secondary N) is 1. The number of aryl methyl sites for hydroxylation is 1. The van der Waals surface area contributed by atoms with E-state index in [4.69, 9.17) is 0 Å². The fourth-order valence-corrected chi connectivity index (χ4v) is 3.24. The van der Waals surface area contributed by atoms with Gasteiger partial charge in [-0.25, -0.2) is 8.42 Å². The normalized spacial score (nSPS) is 11.0. The van der Waals surface area contributed by atoms with Crippen molar-refractivity contribution in [1.29, 1.82) is 0 Å². The summed E-state index contributed by atoms with van der Waals surface area (Å²) in [5, 5.41) is 10.7. The van der Waals surface area contributed by atoms with E-state index in [1.54, 1.807) is 14.0 Å². The summed E-state index contributed by atoms with van der Waals surface area (Å²) in [7, 11) is -2.27. The van der Waals surface area contributed by atoms with Gasteiger partial charge in [0.1, 0.15) is 0 Å². The summed E-state index contributed by atoms with van der Waals surface area (Å²) in [5.74, 6) is -0.171. The van der Waals surface area contributed by atoms with E-state index in [9.17, 15) is 23.3 Å². The van der Waals surface area contributed by atoms with Crippen LogP contribution >= 0.6 is 0 Å². The van der Waals surface area contributed by atoms with Crippen LogP contribution in [0.3, 0.4) is 0 Å². The zero-order valence-corrected chi connectivity index (χ0v) is 14.7. The Morgan fingerprint density at radius 3 is 2.24 bits per heavy atom. The van der Waals surface area contributed by atoms with Gasteiger partial charge in [-0.3, -0.25) is 19.6 Å². The number of rotatable bonds is 5. The molecule has 0 saturated heterocycles. The largest absolute Gasteiger partial charge is 0.316 e. The van der Waals surface area contributed by atoms with Gasteiger partial charge in [-0.2, -0.15) is 0 Å². The van der Waals surface area contributed by atoms with Crippen LogP contribution in [0, 0.1) is 17.0 Å². The number of nitro benzene ring substituents is 1. The number of hydrogen-bond donors (Lipinski definition) is 1. The van der Waals surface area contributed by atoms with Crippen molar-refractivity contribution in [3.63, 3.8) is 0 Å². The number of amides is 1. The average molecular weight is 363 g/mol. The topological polar surface area (TPSA) is 110 Å². The molecule has 0 spiro atoms. The molecule has 2 aromatic carbocycles. The molecule has 25 heavy (non-hydrogen) atoms. The molecule has 0 aliphatic carbocycles. The van der Waals surface area contributed by atoms with Gasteiger partial charge in [0.25, 0.3) is 15.7 Å². The van der Waals surface area contributed by atoms with Gasteiger partial charge < -0.3 is 4.90 Å². The van der Waals surface area contributed by atoms with Crippen molar-refractivity contribution in [3.8, 4) is 0 Å². The van der Waals surface area contributed by atoms with Gasteiger partial charge in [-0.05, 0) is 42.8 Å². The summed E-state index contributed by atoms with van der Waals surface area (Å²) in [6, 6.07) is 9.70. The van der Waals surface area contributed by atoms with Crippen LogP contribution in [0.15, 0.2) is 47.4 Å². The highest BCUT2D eigenvalue weighted by molar-refractivity contribution is 7.92. The number of benzene rings is 2. The van der Waals surface area contributed by atoms with Gasteiger partial charge in [0, 0.05) is 31.8 Å². The molecule has 0 unspecified atom stereocenters. The summed E-state index contributed by atoms with van der Waals surface area (Å²) in [4.78, 5) is 22.9. The summed E-state index contributed by atoms with van der Waals surface area (Å²) >= 11 is 0. The molecule has 0 aromatic heterocycles. The number of anilines is 2. The first-order chi connectivity index (χ1) is 11.6.